The first-order valence-electron chi connectivity index (χ1n) is 6.72. The van der Waals surface area contributed by atoms with Gasteiger partial charge >= 0.3 is 0 Å². The number of ether oxygens (including phenoxy) is 3. The first-order chi connectivity index (χ1) is 10.7. The predicted octanol–water partition coefficient (Wildman–Crippen LogP) is 1.44. The third kappa shape index (κ3) is 2.59. The summed E-state index contributed by atoms with van der Waals surface area (Å²) in [6.45, 7) is 0.458. The predicted molar refractivity (Wildman–Crippen MR) is 81.8 cm³/mol. The van der Waals surface area contributed by atoms with Crippen molar-refractivity contribution in [1.29, 1.82) is 0 Å². The van der Waals surface area contributed by atoms with Crippen molar-refractivity contribution >= 4 is 11.8 Å². The van der Waals surface area contributed by atoms with E-state index in [9.17, 15) is 5.11 Å². The lowest BCUT2D eigenvalue weighted by molar-refractivity contribution is 0.164. The van der Waals surface area contributed by atoms with Gasteiger partial charge in [0.2, 0.25) is 5.75 Å². The average Bonchev–Trinajstić information content (AvgIpc) is 2.96. The third-order valence-electron chi connectivity index (χ3n) is 3.35. The highest BCUT2D eigenvalue weighted by molar-refractivity contribution is 7.99. The highest BCUT2D eigenvalue weighted by atomic mass is 32.2. The van der Waals surface area contributed by atoms with Gasteiger partial charge < -0.3 is 19.3 Å². The van der Waals surface area contributed by atoms with Gasteiger partial charge in [-0.15, -0.1) is 5.10 Å². The average molecular weight is 323 g/mol. The number of fused-ring (bicyclic) bond motifs is 1. The zero-order valence-corrected chi connectivity index (χ0v) is 13.4. The van der Waals surface area contributed by atoms with E-state index in [1.165, 1.54) is 11.8 Å². The fraction of sp³-hybridized carbons (Fsp3) is 0.429. The van der Waals surface area contributed by atoms with Crippen LogP contribution in [0.4, 0.5) is 0 Å². The van der Waals surface area contributed by atoms with Crippen LogP contribution in [0.15, 0.2) is 17.3 Å². The van der Waals surface area contributed by atoms with Crippen molar-refractivity contribution in [2.24, 2.45) is 0 Å². The Morgan fingerprint density at radius 2 is 1.86 bits per heavy atom. The zero-order valence-electron chi connectivity index (χ0n) is 12.6. The molecule has 118 valence electrons. The van der Waals surface area contributed by atoms with Gasteiger partial charge in [0.05, 0.1) is 34.0 Å². The molecular weight excluding hydrogens is 306 g/mol. The Morgan fingerprint density at radius 1 is 1.18 bits per heavy atom. The van der Waals surface area contributed by atoms with E-state index in [1.807, 2.05) is 12.1 Å². The normalized spacial score (nSPS) is 17.0. The number of aromatic nitrogens is 3. The van der Waals surface area contributed by atoms with Gasteiger partial charge in [0.1, 0.15) is 0 Å². The molecule has 2 aromatic rings. The molecule has 2 heterocycles. The molecular formula is C14H17N3O4S. The second-order valence-corrected chi connectivity index (χ2v) is 5.77. The van der Waals surface area contributed by atoms with E-state index in [0.29, 0.717) is 35.4 Å². The van der Waals surface area contributed by atoms with Gasteiger partial charge in [-0.2, -0.15) is 0 Å². The fourth-order valence-corrected chi connectivity index (χ4v) is 3.17. The summed E-state index contributed by atoms with van der Waals surface area (Å²) in [6, 6.07) is 3.62. The highest BCUT2D eigenvalue weighted by Gasteiger charge is 2.22. The molecule has 1 aliphatic heterocycles. The van der Waals surface area contributed by atoms with Crippen LogP contribution in [0.2, 0.25) is 0 Å². The largest absolute Gasteiger partial charge is 0.493 e. The monoisotopic (exact) mass is 323 g/mol. The lowest BCUT2D eigenvalue weighted by Gasteiger charge is -2.16. The van der Waals surface area contributed by atoms with Crippen LogP contribution in [0.25, 0.3) is 11.4 Å². The maximum atomic E-state index is 9.70. The number of methoxy groups -OCH3 is 3. The van der Waals surface area contributed by atoms with Gasteiger partial charge in [-0.25, -0.2) is 9.67 Å². The summed E-state index contributed by atoms with van der Waals surface area (Å²) in [5.41, 5.74) is 0.770. The highest BCUT2D eigenvalue weighted by Crippen LogP contribution is 2.41. The maximum Gasteiger partial charge on any atom is 0.203 e. The van der Waals surface area contributed by atoms with Crippen LogP contribution in [0, 0.1) is 0 Å². The lowest BCUT2D eigenvalue weighted by atomic mass is 10.1. The van der Waals surface area contributed by atoms with Crippen molar-refractivity contribution in [3.8, 4) is 28.6 Å². The number of benzene rings is 1. The molecule has 3 rings (SSSR count). The minimum absolute atomic E-state index is 0.396. The van der Waals surface area contributed by atoms with Crippen molar-refractivity contribution in [2.75, 3.05) is 27.1 Å². The van der Waals surface area contributed by atoms with Crippen LogP contribution in [0.3, 0.4) is 0 Å². The molecule has 0 saturated heterocycles. The van der Waals surface area contributed by atoms with Crippen LogP contribution in [0.1, 0.15) is 0 Å². The maximum absolute atomic E-state index is 9.70. The molecule has 1 aromatic carbocycles. The Kier molecular flexibility index (Phi) is 4.12. The van der Waals surface area contributed by atoms with Crippen LogP contribution >= 0.6 is 11.8 Å². The molecule has 0 aliphatic carbocycles. The number of hydrogen-bond donors (Lipinski definition) is 1. The number of hydrogen-bond acceptors (Lipinski definition) is 7. The molecule has 0 spiro atoms. The van der Waals surface area contributed by atoms with Gasteiger partial charge in [0, 0.05) is 11.3 Å². The van der Waals surface area contributed by atoms with Crippen molar-refractivity contribution in [2.45, 2.75) is 17.8 Å². The Bertz CT molecular complexity index is 664. The summed E-state index contributed by atoms with van der Waals surface area (Å²) in [4.78, 5) is 4.51. The van der Waals surface area contributed by atoms with Crippen LogP contribution in [-0.2, 0) is 6.54 Å². The topological polar surface area (TPSA) is 78.6 Å². The molecule has 0 saturated carbocycles. The van der Waals surface area contributed by atoms with Crippen LogP contribution in [0.5, 0.6) is 17.2 Å². The van der Waals surface area contributed by atoms with E-state index in [1.54, 1.807) is 26.0 Å². The van der Waals surface area contributed by atoms with Crippen LogP contribution in [-0.4, -0.2) is 53.1 Å². The van der Waals surface area contributed by atoms with Crippen molar-refractivity contribution in [3.63, 3.8) is 0 Å². The van der Waals surface area contributed by atoms with Gasteiger partial charge in [0.15, 0.2) is 22.5 Å². The third-order valence-corrected chi connectivity index (χ3v) is 4.46. The summed E-state index contributed by atoms with van der Waals surface area (Å²) < 4.78 is 17.7. The molecule has 1 aliphatic rings. The summed E-state index contributed by atoms with van der Waals surface area (Å²) in [6.07, 6.45) is -0.396. The van der Waals surface area contributed by atoms with Crippen molar-refractivity contribution in [1.82, 2.24) is 14.8 Å². The quantitative estimate of drug-likeness (QED) is 0.912. The smallest absolute Gasteiger partial charge is 0.203 e. The molecule has 22 heavy (non-hydrogen) atoms. The molecule has 0 radical (unpaired) electrons. The molecule has 0 fully saturated rings. The summed E-state index contributed by atoms with van der Waals surface area (Å²) in [5, 5.41) is 15.0. The number of rotatable bonds is 4. The molecule has 1 atom stereocenters. The molecule has 0 amide bonds. The standard InChI is InChI=1S/C14H17N3O4S/c1-19-10-4-8(5-11(20-2)12(10)21-3)13-15-14-17(16-13)6-9(18)7-22-14/h4-5,9,18H,6-7H2,1-3H3. The Hall–Kier alpha value is -1.93. The van der Waals surface area contributed by atoms with E-state index in [4.69, 9.17) is 14.2 Å². The molecule has 1 aromatic heterocycles. The summed E-state index contributed by atoms with van der Waals surface area (Å²) >= 11 is 1.49. The SMILES string of the molecule is COc1cc(-c2nc3n(n2)CC(O)CS3)cc(OC)c1OC. The minimum Gasteiger partial charge on any atom is -0.493 e. The van der Waals surface area contributed by atoms with Gasteiger partial charge in [-0.3, -0.25) is 0 Å². The van der Waals surface area contributed by atoms with E-state index in [-0.39, 0.29) is 0 Å². The molecule has 1 N–H and O–H groups in total. The van der Waals surface area contributed by atoms with E-state index >= 15 is 0 Å². The number of thioether (sulfide) groups is 1. The van der Waals surface area contributed by atoms with E-state index < -0.39 is 6.10 Å². The van der Waals surface area contributed by atoms with Gasteiger partial charge in [-0.1, -0.05) is 11.8 Å². The van der Waals surface area contributed by atoms with E-state index in [2.05, 4.69) is 10.1 Å². The molecule has 1 unspecified atom stereocenters. The van der Waals surface area contributed by atoms with Gasteiger partial charge in [-0.05, 0) is 12.1 Å². The zero-order chi connectivity index (χ0) is 15.7. The van der Waals surface area contributed by atoms with Crippen molar-refractivity contribution < 1.29 is 19.3 Å². The van der Waals surface area contributed by atoms with Crippen LogP contribution < -0.4 is 14.2 Å². The summed E-state index contributed by atoms with van der Waals surface area (Å²) in [5.74, 6) is 2.83. The minimum atomic E-state index is -0.396. The lowest BCUT2D eigenvalue weighted by Crippen LogP contribution is -2.24. The van der Waals surface area contributed by atoms with Crippen molar-refractivity contribution in [3.05, 3.63) is 12.1 Å². The number of nitrogens with zero attached hydrogens (tertiary/aromatic N) is 3. The Morgan fingerprint density at radius 3 is 2.45 bits per heavy atom. The van der Waals surface area contributed by atoms with Gasteiger partial charge in [0.25, 0.3) is 0 Å². The number of aliphatic hydroxyl groups is 1. The first kappa shape index (κ1) is 15.0. The molecule has 8 heteroatoms. The number of aliphatic hydroxyl groups excluding tert-OH is 1. The Labute approximate surface area is 132 Å². The first-order valence-corrected chi connectivity index (χ1v) is 7.71. The Balaban J connectivity index is 2.05. The second-order valence-electron chi connectivity index (χ2n) is 4.78. The summed E-state index contributed by atoms with van der Waals surface area (Å²) in [7, 11) is 4.70. The molecule has 7 nitrogen and oxygen atoms in total. The second kappa shape index (κ2) is 6.05. The molecule has 0 bridgehead atoms. The fourth-order valence-electron chi connectivity index (χ4n) is 2.31. The van der Waals surface area contributed by atoms with E-state index in [0.717, 1.165) is 10.7 Å².